The smallest absolute Gasteiger partial charge is 0.335 e. The number of carbonyl (C=O) groups excluding carboxylic acids is 1. The Hall–Kier alpha value is -4.63. The lowest BCUT2D eigenvalue weighted by atomic mass is 10.1. The first kappa shape index (κ1) is 24.5. The fourth-order valence-electron chi connectivity index (χ4n) is 3.77. The van der Waals surface area contributed by atoms with Crippen LogP contribution in [0.15, 0.2) is 52.1 Å². The molecule has 0 spiro atoms. The molecular weight excluding hydrogens is 486 g/mol. The van der Waals surface area contributed by atoms with E-state index >= 15 is 0 Å². The van der Waals surface area contributed by atoms with Gasteiger partial charge in [-0.1, -0.05) is 11.2 Å². The molecule has 0 saturated heterocycles. The number of hydrogen-bond donors (Lipinski definition) is 3. The van der Waals surface area contributed by atoms with Crippen LogP contribution in [0.25, 0.3) is 11.0 Å². The molecule has 0 unspecified atom stereocenters. The van der Waals surface area contributed by atoms with E-state index in [2.05, 4.69) is 20.3 Å². The van der Waals surface area contributed by atoms with Crippen LogP contribution in [0.2, 0.25) is 0 Å². The molecule has 0 bridgehead atoms. The second-order valence-corrected chi connectivity index (χ2v) is 9.73. The Morgan fingerprint density at radius 1 is 1.17 bits per heavy atom. The van der Waals surface area contributed by atoms with Crippen molar-refractivity contribution in [3.63, 3.8) is 0 Å². The molecule has 11 nitrogen and oxygen atoms in total. The van der Waals surface area contributed by atoms with Crippen LogP contribution in [0.4, 0.5) is 5.82 Å². The second kappa shape index (κ2) is 9.55. The highest BCUT2D eigenvalue weighted by Gasteiger charge is 2.22. The number of nitrogens with zero attached hydrogens (tertiary/aromatic N) is 3. The third-order valence-electron chi connectivity index (χ3n) is 5.39. The number of nitrogens with one attached hydrogen (secondary N) is 2. The van der Waals surface area contributed by atoms with Gasteiger partial charge in [0.15, 0.2) is 11.4 Å². The Bertz CT molecular complexity index is 1650. The SMILES string of the molecule is C#CC(=O)NCc1cnn(Cc2cc(C)c3c(NS(=O)(=O)c4ccc(C(=O)O)cc4C)noc3c2)c1. The predicted molar refractivity (Wildman–Crippen MR) is 130 cm³/mol. The number of carbonyl (C=O) groups is 2. The molecule has 3 N–H and O–H groups in total. The summed E-state index contributed by atoms with van der Waals surface area (Å²) >= 11 is 0. The highest BCUT2D eigenvalue weighted by Crippen LogP contribution is 2.30. The van der Waals surface area contributed by atoms with Crippen molar-refractivity contribution >= 4 is 38.7 Å². The van der Waals surface area contributed by atoms with E-state index in [-0.39, 0.29) is 28.4 Å². The summed E-state index contributed by atoms with van der Waals surface area (Å²) in [6, 6.07) is 7.36. The Labute approximate surface area is 206 Å². The molecule has 0 atom stereocenters. The highest BCUT2D eigenvalue weighted by molar-refractivity contribution is 7.92. The molecule has 2 heterocycles. The van der Waals surface area contributed by atoms with Gasteiger partial charge in [-0.05, 0) is 60.7 Å². The molecule has 0 saturated carbocycles. The van der Waals surface area contributed by atoms with E-state index in [1.807, 2.05) is 12.0 Å². The topological polar surface area (TPSA) is 156 Å². The van der Waals surface area contributed by atoms with Gasteiger partial charge in [0, 0.05) is 18.3 Å². The molecule has 4 aromatic rings. The van der Waals surface area contributed by atoms with Gasteiger partial charge in [0.2, 0.25) is 0 Å². The van der Waals surface area contributed by atoms with Crippen LogP contribution in [0.3, 0.4) is 0 Å². The number of anilines is 1. The molecule has 4 rings (SSSR count). The maximum atomic E-state index is 13.0. The maximum absolute atomic E-state index is 13.0. The summed E-state index contributed by atoms with van der Waals surface area (Å²) in [5, 5.41) is 20.4. The van der Waals surface area contributed by atoms with Crippen LogP contribution in [-0.2, 0) is 27.9 Å². The zero-order valence-corrected chi connectivity index (χ0v) is 20.1. The fourth-order valence-corrected chi connectivity index (χ4v) is 5.01. The summed E-state index contributed by atoms with van der Waals surface area (Å²) < 4.78 is 35.5. The van der Waals surface area contributed by atoms with E-state index in [9.17, 15) is 18.0 Å². The van der Waals surface area contributed by atoms with Crippen LogP contribution in [0, 0.1) is 26.2 Å². The molecule has 1 amide bonds. The quantitative estimate of drug-likeness (QED) is 0.307. The summed E-state index contributed by atoms with van der Waals surface area (Å²) in [4.78, 5) is 22.3. The Morgan fingerprint density at radius 2 is 1.94 bits per heavy atom. The minimum atomic E-state index is -4.06. The number of amides is 1. The first-order valence-corrected chi connectivity index (χ1v) is 12.1. The van der Waals surface area contributed by atoms with Crippen molar-refractivity contribution in [2.75, 3.05) is 4.72 Å². The van der Waals surface area contributed by atoms with E-state index in [0.29, 0.717) is 17.5 Å². The average molecular weight is 508 g/mol. The van der Waals surface area contributed by atoms with Crippen LogP contribution in [-0.4, -0.2) is 40.3 Å². The number of fused-ring (bicyclic) bond motifs is 1. The van der Waals surface area contributed by atoms with Crippen molar-refractivity contribution in [3.8, 4) is 12.3 Å². The number of rotatable bonds is 8. The molecule has 0 fully saturated rings. The minimum absolute atomic E-state index is 0.0108. The number of carboxylic acids is 1. The molecule has 12 heteroatoms. The van der Waals surface area contributed by atoms with Crippen molar-refractivity contribution < 1.29 is 27.6 Å². The van der Waals surface area contributed by atoms with E-state index in [1.165, 1.54) is 25.1 Å². The summed E-state index contributed by atoms with van der Waals surface area (Å²) in [6.07, 6.45) is 8.43. The maximum Gasteiger partial charge on any atom is 0.335 e. The predicted octanol–water partition coefficient (Wildman–Crippen LogP) is 2.44. The summed E-state index contributed by atoms with van der Waals surface area (Å²) in [5.41, 5.74) is 3.00. The number of benzene rings is 2. The van der Waals surface area contributed by atoms with Gasteiger partial charge in [-0.25, -0.2) is 13.2 Å². The number of aromatic nitrogens is 3. The van der Waals surface area contributed by atoms with Gasteiger partial charge in [0.25, 0.3) is 15.9 Å². The summed E-state index contributed by atoms with van der Waals surface area (Å²) in [7, 11) is -4.06. The molecule has 0 aliphatic rings. The Morgan fingerprint density at radius 3 is 2.64 bits per heavy atom. The Kier molecular flexibility index (Phi) is 6.50. The van der Waals surface area contributed by atoms with Crippen molar-refractivity contribution in [3.05, 3.63) is 70.5 Å². The molecule has 2 aromatic heterocycles. The standard InChI is InChI=1S/C24H21N5O6S/c1-4-21(30)25-10-17-11-26-29(13-17)12-16-7-15(3)22-19(9-16)35-27-23(22)28-36(33,34)20-6-5-18(24(31)32)8-14(20)2/h1,5-9,11,13H,10,12H2,2-3H3,(H,25,30)(H,27,28)(H,31,32). The lowest BCUT2D eigenvalue weighted by molar-refractivity contribution is -0.115. The number of aryl methyl sites for hydroxylation is 2. The molecule has 2 aromatic carbocycles. The van der Waals surface area contributed by atoms with Gasteiger partial charge >= 0.3 is 5.97 Å². The van der Waals surface area contributed by atoms with Crippen molar-refractivity contribution in [1.29, 1.82) is 0 Å². The molecular formula is C24H21N5O6S. The van der Waals surface area contributed by atoms with E-state index in [4.69, 9.17) is 16.1 Å². The van der Waals surface area contributed by atoms with Gasteiger partial charge in [0.05, 0.1) is 28.6 Å². The molecule has 0 aliphatic carbocycles. The number of terminal acetylenes is 1. The van der Waals surface area contributed by atoms with Crippen molar-refractivity contribution in [2.24, 2.45) is 0 Å². The van der Waals surface area contributed by atoms with Gasteiger partial charge in [-0.15, -0.1) is 6.42 Å². The lowest BCUT2D eigenvalue weighted by Crippen LogP contribution is -2.20. The lowest BCUT2D eigenvalue weighted by Gasteiger charge is -2.10. The van der Waals surface area contributed by atoms with Gasteiger partial charge in [0.1, 0.15) is 0 Å². The van der Waals surface area contributed by atoms with E-state index in [0.717, 1.165) is 16.7 Å². The number of sulfonamides is 1. The highest BCUT2D eigenvalue weighted by atomic mass is 32.2. The van der Waals surface area contributed by atoms with Crippen molar-refractivity contribution in [1.82, 2.24) is 20.3 Å². The number of aromatic carboxylic acids is 1. The minimum Gasteiger partial charge on any atom is -0.478 e. The largest absolute Gasteiger partial charge is 0.478 e. The zero-order valence-electron chi connectivity index (χ0n) is 19.3. The zero-order chi connectivity index (χ0) is 26.0. The Balaban J connectivity index is 1.55. The van der Waals surface area contributed by atoms with Crippen LogP contribution < -0.4 is 10.0 Å². The summed E-state index contributed by atoms with van der Waals surface area (Å²) in [6.45, 7) is 3.97. The van der Waals surface area contributed by atoms with E-state index in [1.54, 1.807) is 30.1 Å². The third kappa shape index (κ3) is 5.06. The van der Waals surface area contributed by atoms with Crippen LogP contribution >= 0.6 is 0 Å². The first-order chi connectivity index (χ1) is 17.1. The van der Waals surface area contributed by atoms with Crippen LogP contribution in [0.5, 0.6) is 0 Å². The van der Waals surface area contributed by atoms with Gasteiger partial charge in [-0.2, -0.15) is 5.10 Å². The van der Waals surface area contributed by atoms with Gasteiger partial charge in [-0.3, -0.25) is 14.2 Å². The average Bonchev–Trinajstić information content (AvgIpc) is 3.43. The number of hydrogen-bond acceptors (Lipinski definition) is 7. The molecule has 184 valence electrons. The summed E-state index contributed by atoms with van der Waals surface area (Å²) in [5.74, 6) is 0.357. The normalized spacial score (nSPS) is 11.2. The van der Waals surface area contributed by atoms with Gasteiger partial charge < -0.3 is 14.9 Å². The fraction of sp³-hybridized carbons (Fsp3) is 0.167. The molecule has 36 heavy (non-hydrogen) atoms. The monoisotopic (exact) mass is 507 g/mol. The first-order valence-electron chi connectivity index (χ1n) is 10.6. The van der Waals surface area contributed by atoms with Crippen LogP contribution in [0.1, 0.15) is 32.6 Å². The van der Waals surface area contributed by atoms with Crippen molar-refractivity contribution in [2.45, 2.75) is 31.8 Å². The number of carboxylic acid groups (broad SMARTS) is 1. The second-order valence-electron chi connectivity index (χ2n) is 8.08. The third-order valence-corrected chi connectivity index (χ3v) is 6.89. The molecule has 0 aliphatic heterocycles. The van der Waals surface area contributed by atoms with E-state index < -0.39 is 21.9 Å². The molecule has 0 radical (unpaired) electrons.